The first-order chi connectivity index (χ1) is 19.5. The van der Waals surface area contributed by atoms with Gasteiger partial charge in [-0.05, 0) is 43.4 Å². The number of likely N-dealkylation sites (N-methyl/N-ethyl adjacent to an activating group) is 2. The first kappa shape index (κ1) is 28.8. The summed E-state index contributed by atoms with van der Waals surface area (Å²) in [5, 5.41) is 2.63. The van der Waals surface area contributed by atoms with Crippen molar-refractivity contribution in [2.24, 2.45) is 4.99 Å². The van der Waals surface area contributed by atoms with E-state index in [2.05, 4.69) is 15.2 Å². The van der Waals surface area contributed by atoms with Crippen LogP contribution in [-0.2, 0) is 35.3 Å². The standard InChI is InChI=1S/C28H35FN6O6/c1-32(2)24(39)25(40)33(3)28-10-8-27(9-11-28,34-12-14-41-15-13-34)17-35-23(38)21(36)20(31-26(28)35)22(37)30-16-18-4-6-19(29)7-5-18/h4-7,20H,8-17H2,1-3H3,(H,30,37). The molecule has 1 saturated carbocycles. The molecule has 1 aromatic carbocycles. The number of nitrogens with one attached hydrogen (secondary N) is 1. The largest absolute Gasteiger partial charge is 0.379 e. The van der Waals surface area contributed by atoms with Gasteiger partial charge in [-0.2, -0.15) is 0 Å². The van der Waals surface area contributed by atoms with Crippen LogP contribution in [0.5, 0.6) is 0 Å². The number of ketones is 1. The summed E-state index contributed by atoms with van der Waals surface area (Å²) < 4.78 is 18.8. The first-order valence-corrected chi connectivity index (χ1v) is 13.8. The summed E-state index contributed by atoms with van der Waals surface area (Å²) in [5.74, 6) is -4.33. The molecule has 0 aromatic heterocycles. The van der Waals surface area contributed by atoms with Crippen LogP contribution >= 0.6 is 0 Å². The monoisotopic (exact) mass is 570 g/mol. The zero-order chi connectivity index (χ0) is 29.5. The van der Waals surface area contributed by atoms with E-state index in [0.717, 1.165) is 0 Å². The second kappa shape index (κ2) is 10.9. The molecule has 5 aliphatic rings. The first-order valence-electron chi connectivity index (χ1n) is 13.8. The summed E-state index contributed by atoms with van der Waals surface area (Å²) in [6.45, 7) is 2.62. The van der Waals surface area contributed by atoms with Crippen molar-refractivity contribution >= 4 is 35.2 Å². The number of carbonyl (C=O) groups excluding carboxylic acids is 5. The number of hydrogen-bond acceptors (Lipinski definition) is 8. The molecule has 1 aromatic rings. The van der Waals surface area contributed by atoms with Crippen LogP contribution in [0.25, 0.3) is 0 Å². The number of amidine groups is 1. The lowest BCUT2D eigenvalue weighted by atomic mass is 9.71. The van der Waals surface area contributed by atoms with Crippen LogP contribution in [0.1, 0.15) is 31.2 Å². The Morgan fingerprint density at radius 3 is 2.27 bits per heavy atom. The molecule has 13 heteroatoms. The smallest absolute Gasteiger partial charge is 0.312 e. The van der Waals surface area contributed by atoms with Crippen molar-refractivity contribution in [2.45, 2.75) is 49.3 Å². The zero-order valence-electron chi connectivity index (χ0n) is 23.5. The maximum Gasteiger partial charge on any atom is 0.312 e. The molecule has 6 rings (SSSR count). The van der Waals surface area contributed by atoms with E-state index in [1.165, 1.54) is 60.1 Å². The van der Waals surface area contributed by atoms with Gasteiger partial charge in [0, 0.05) is 52.9 Å². The predicted octanol–water partition coefficient (Wildman–Crippen LogP) is -0.436. The Kier molecular flexibility index (Phi) is 7.68. The van der Waals surface area contributed by atoms with E-state index in [4.69, 9.17) is 4.74 Å². The van der Waals surface area contributed by atoms with Crippen LogP contribution in [0.3, 0.4) is 0 Å². The van der Waals surface area contributed by atoms with Gasteiger partial charge in [0.1, 0.15) is 17.2 Å². The molecule has 3 saturated heterocycles. The quantitative estimate of drug-likeness (QED) is 0.375. The molecule has 1 atom stereocenters. The van der Waals surface area contributed by atoms with E-state index in [9.17, 15) is 28.4 Å². The molecule has 1 unspecified atom stereocenters. The lowest BCUT2D eigenvalue weighted by Crippen LogP contribution is -2.65. The van der Waals surface area contributed by atoms with Crippen LogP contribution in [0, 0.1) is 5.82 Å². The summed E-state index contributed by atoms with van der Waals surface area (Å²) in [5.41, 5.74) is -1.03. The highest BCUT2D eigenvalue weighted by molar-refractivity contribution is 6.46. The summed E-state index contributed by atoms with van der Waals surface area (Å²) in [7, 11) is 4.48. The second-order valence-electron chi connectivity index (χ2n) is 11.4. The number of ether oxygens (including phenoxy) is 1. The number of halogens is 1. The molecule has 0 spiro atoms. The van der Waals surface area contributed by atoms with Crippen molar-refractivity contribution in [3.63, 3.8) is 0 Å². The lowest BCUT2D eigenvalue weighted by molar-refractivity contribution is -0.153. The average Bonchev–Trinajstić information content (AvgIpc) is 3.22. The van der Waals surface area contributed by atoms with Crippen LogP contribution in [0.2, 0.25) is 0 Å². The Labute approximate surface area is 237 Å². The Balaban J connectivity index is 1.52. The Bertz CT molecular complexity index is 1280. The molecule has 12 nitrogen and oxygen atoms in total. The molecule has 0 radical (unpaired) electrons. The fourth-order valence-electron chi connectivity index (χ4n) is 6.45. The summed E-state index contributed by atoms with van der Waals surface area (Å²) in [6, 6.07) is 3.88. The minimum absolute atomic E-state index is 0.00661. The van der Waals surface area contributed by atoms with E-state index in [0.29, 0.717) is 57.6 Å². The Hall–Kier alpha value is -3.71. The van der Waals surface area contributed by atoms with Gasteiger partial charge in [-0.25, -0.2) is 9.38 Å². The van der Waals surface area contributed by atoms with Gasteiger partial charge in [-0.15, -0.1) is 0 Å². The molecule has 1 aliphatic carbocycles. The second-order valence-corrected chi connectivity index (χ2v) is 11.4. The van der Waals surface area contributed by atoms with Crippen molar-refractivity contribution in [1.29, 1.82) is 0 Å². The van der Waals surface area contributed by atoms with Gasteiger partial charge < -0.3 is 19.9 Å². The SMILES string of the molecule is CN(C)C(=O)C(=O)N(C)C12CCC(N3CCOCC3)(CC1)CN1C(=O)C(=O)C(C(=O)NCc3ccc(F)cc3)N=C12. The predicted molar refractivity (Wildman–Crippen MR) is 144 cm³/mol. The van der Waals surface area contributed by atoms with Crippen LogP contribution in [-0.4, -0.2) is 126 Å². The number of morpholine rings is 1. The maximum atomic E-state index is 13.7. The van der Waals surface area contributed by atoms with E-state index >= 15 is 0 Å². The number of aliphatic imine (C=N–C) groups is 1. The minimum atomic E-state index is -1.64. The Morgan fingerprint density at radius 1 is 1.02 bits per heavy atom. The molecule has 2 bridgehead atoms. The van der Waals surface area contributed by atoms with E-state index < -0.39 is 52.3 Å². The topological polar surface area (TPSA) is 132 Å². The number of carbonyl (C=O) groups is 5. The van der Waals surface area contributed by atoms with E-state index in [1.807, 2.05) is 0 Å². The maximum absolute atomic E-state index is 13.7. The van der Waals surface area contributed by atoms with Crippen molar-refractivity contribution in [3.05, 3.63) is 35.6 Å². The van der Waals surface area contributed by atoms with Crippen molar-refractivity contribution < 1.29 is 33.1 Å². The van der Waals surface area contributed by atoms with Gasteiger partial charge in [0.25, 0.3) is 17.6 Å². The fourth-order valence-corrected chi connectivity index (χ4v) is 6.45. The van der Waals surface area contributed by atoms with E-state index in [-0.39, 0.29) is 18.9 Å². The number of rotatable bonds is 5. The van der Waals surface area contributed by atoms with Gasteiger partial charge in [0.15, 0.2) is 6.04 Å². The number of fused-ring (bicyclic) bond motifs is 2. The number of Topliss-reactive ketones (excluding diaryl/α,β-unsaturated/α-hetero) is 1. The highest BCUT2D eigenvalue weighted by Crippen LogP contribution is 2.48. The van der Waals surface area contributed by atoms with Gasteiger partial charge in [0.05, 0.1) is 13.2 Å². The molecular weight excluding hydrogens is 535 g/mol. The number of hydrogen-bond donors (Lipinski definition) is 1. The molecule has 41 heavy (non-hydrogen) atoms. The van der Waals surface area contributed by atoms with E-state index in [1.54, 1.807) is 0 Å². The third-order valence-corrected chi connectivity index (χ3v) is 8.93. The molecule has 4 aliphatic heterocycles. The summed E-state index contributed by atoms with van der Waals surface area (Å²) in [6.07, 6.45) is 1.99. The summed E-state index contributed by atoms with van der Waals surface area (Å²) >= 11 is 0. The van der Waals surface area contributed by atoms with Gasteiger partial charge in [-0.1, -0.05) is 12.1 Å². The average molecular weight is 571 g/mol. The molecule has 1 N–H and O–H groups in total. The molecule has 4 heterocycles. The van der Waals surface area contributed by atoms with Gasteiger partial charge in [-0.3, -0.25) is 33.8 Å². The van der Waals surface area contributed by atoms with Gasteiger partial charge >= 0.3 is 11.8 Å². The highest BCUT2D eigenvalue weighted by Gasteiger charge is 2.61. The zero-order valence-corrected chi connectivity index (χ0v) is 23.5. The lowest BCUT2D eigenvalue weighted by Gasteiger charge is -2.50. The summed E-state index contributed by atoms with van der Waals surface area (Å²) in [4.78, 5) is 77.1. The highest BCUT2D eigenvalue weighted by atomic mass is 19.1. The van der Waals surface area contributed by atoms with Crippen LogP contribution in [0.4, 0.5) is 4.39 Å². The third kappa shape index (κ3) is 5.01. The number of nitrogens with zero attached hydrogens (tertiary/aromatic N) is 5. The molecular formula is C28H35FN6O6. The van der Waals surface area contributed by atoms with Crippen molar-refractivity contribution in [3.8, 4) is 0 Å². The van der Waals surface area contributed by atoms with Crippen molar-refractivity contribution in [1.82, 2.24) is 24.9 Å². The van der Waals surface area contributed by atoms with Crippen LogP contribution < -0.4 is 5.32 Å². The van der Waals surface area contributed by atoms with Crippen LogP contribution in [0.15, 0.2) is 29.3 Å². The fraction of sp³-hybridized carbons (Fsp3) is 0.571. The van der Waals surface area contributed by atoms with Crippen molar-refractivity contribution in [2.75, 3.05) is 54.0 Å². The molecule has 220 valence electrons. The normalized spacial score (nSPS) is 28.0. The number of amides is 4. The minimum Gasteiger partial charge on any atom is -0.379 e. The van der Waals surface area contributed by atoms with Gasteiger partial charge in [0.2, 0.25) is 0 Å². The number of benzene rings is 1. The third-order valence-electron chi connectivity index (χ3n) is 8.93. The Morgan fingerprint density at radius 2 is 1.66 bits per heavy atom. The molecule has 4 fully saturated rings. The molecule has 4 amide bonds.